The molecule has 0 spiro atoms. The first-order valence-corrected chi connectivity index (χ1v) is 6.64. The van der Waals surface area contributed by atoms with Crippen molar-refractivity contribution >= 4 is 26.4 Å². The molecular weight excluding hydrogens is 251 g/mol. The minimum atomic E-state index is 0.0921. The van der Waals surface area contributed by atoms with Crippen molar-refractivity contribution < 1.29 is 4.79 Å². The third kappa shape index (κ3) is 2.79. The van der Waals surface area contributed by atoms with Crippen LogP contribution in [-0.2, 0) is 0 Å². The number of hydrogen-bond donors (Lipinski definition) is 0. The van der Waals surface area contributed by atoms with Crippen molar-refractivity contribution in [1.29, 1.82) is 0 Å². The molecule has 1 nitrogen and oxygen atoms in total. The molecule has 2 aromatic rings. The van der Waals surface area contributed by atoms with Crippen LogP contribution in [0.4, 0.5) is 0 Å². The Morgan fingerprint density at radius 2 is 1.93 bits per heavy atom. The van der Waals surface area contributed by atoms with Gasteiger partial charge in [-0.2, -0.15) is 0 Å². The predicted molar refractivity (Wildman–Crippen MR) is 63.2 cm³/mol. The van der Waals surface area contributed by atoms with Crippen molar-refractivity contribution in [3.63, 3.8) is 0 Å². The first kappa shape index (κ1) is 10.2. The van der Waals surface area contributed by atoms with Gasteiger partial charge in [-0.25, -0.2) is 0 Å². The summed E-state index contributed by atoms with van der Waals surface area (Å²) in [5, 5.41) is 0. The molecule has 0 saturated carbocycles. The normalized spacial score (nSPS) is 10.7. The maximum absolute atomic E-state index is 11.6. The quantitative estimate of drug-likeness (QED) is 0.471. The van der Waals surface area contributed by atoms with Crippen LogP contribution in [0, 0.1) is 0 Å². The van der Waals surface area contributed by atoms with E-state index in [9.17, 15) is 4.79 Å². The van der Waals surface area contributed by atoms with Gasteiger partial charge < -0.3 is 0 Å². The van der Waals surface area contributed by atoms with Gasteiger partial charge in [0.05, 0.1) is 0 Å². The van der Waals surface area contributed by atoms with Gasteiger partial charge >= 0.3 is 94.6 Å². The SMILES string of the molecule is O=C(C=Cc1ccccc1)c1cc[se]c1. The van der Waals surface area contributed by atoms with Gasteiger partial charge in [0.1, 0.15) is 0 Å². The van der Waals surface area contributed by atoms with Gasteiger partial charge in [-0.1, -0.05) is 0 Å². The Bertz CT molecular complexity index is 455. The third-order valence-corrected chi connectivity index (χ3v) is 3.47. The van der Waals surface area contributed by atoms with Crippen molar-refractivity contribution in [2.75, 3.05) is 0 Å². The number of carbonyl (C=O) groups is 1. The predicted octanol–water partition coefficient (Wildman–Crippen LogP) is 2.64. The summed E-state index contributed by atoms with van der Waals surface area (Å²) in [6.07, 6.45) is 3.48. The summed E-state index contributed by atoms with van der Waals surface area (Å²) in [5.74, 6) is 0.0921. The van der Waals surface area contributed by atoms with E-state index in [0.717, 1.165) is 11.1 Å². The molecule has 0 fully saturated rings. The third-order valence-electron chi connectivity index (χ3n) is 2.03. The standard InChI is InChI=1S/C13H10OSe/c14-13(12-8-9-15-10-12)7-6-11-4-2-1-3-5-11/h1-10H. The van der Waals surface area contributed by atoms with Gasteiger partial charge in [-0.05, 0) is 0 Å². The van der Waals surface area contributed by atoms with E-state index in [-0.39, 0.29) is 5.78 Å². The van der Waals surface area contributed by atoms with Gasteiger partial charge in [0, 0.05) is 0 Å². The monoisotopic (exact) mass is 262 g/mol. The van der Waals surface area contributed by atoms with Gasteiger partial charge in [0.25, 0.3) is 0 Å². The second kappa shape index (κ2) is 4.92. The molecule has 0 unspecified atom stereocenters. The molecule has 1 aromatic carbocycles. The Morgan fingerprint density at radius 3 is 2.60 bits per heavy atom. The summed E-state index contributed by atoms with van der Waals surface area (Å²) in [4.78, 5) is 15.7. The number of rotatable bonds is 3. The van der Waals surface area contributed by atoms with Gasteiger partial charge in [-0.15, -0.1) is 0 Å². The summed E-state index contributed by atoms with van der Waals surface area (Å²) in [5.41, 5.74) is 1.88. The summed E-state index contributed by atoms with van der Waals surface area (Å²) in [6.45, 7) is 0. The Morgan fingerprint density at radius 1 is 1.13 bits per heavy atom. The van der Waals surface area contributed by atoms with Crippen LogP contribution in [0.1, 0.15) is 15.9 Å². The molecular formula is C13H10OSe. The van der Waals surface area contributed by atoms with Crippen molar-refractivity contribution in [3.05, 3.63) is 63.5 Å². The molecule has 0 amide bonds. The molecule has 0 N–H and O–H groups in total. The number of carbonyl (C=O) groups excluding carboxylic acids is 1. The fourth-order valence-electron chi connectivity index (χ4n) is 1.24. The van der Waals surface area contributed by atoms with Crippen LogP contribution in [-0.4, -0.2) is 20.3 Å². The molecule has 0 bridgehead atoms. The van der Waals surface area contributed by atoms with Crippen LogP contribution in [0.2, 0.25) is 0 Å². The Balaban J connectivity index is 2.10. The van der Waals surface area contributed by atoms with E-state index in [1.54, 1.807) is 6.08 Å². The Labute approximate surface area is 94.8 Å². The zero-order valence-electron chi connectivity index (χ0n) is 8.09. The topological polar surface area (TPSA) is 17.1 Å². The fraction of sp³-hybridized carbons (Fsp3) is 0. The fourth-order valence-corrected chi connectivity index (χ4v) is 2.59. The summed E-state index contributed by atoms with van der Waals surface area (Å²) in [6, 6.07) is 11.7. The molecule has 1 heterocycles. The van der Waals surface area contributed by atoms with E-state index >= 15 is 0 Å². The van der Waals surface area contributed by atoms with Crippen molar-refractivity contribution in [2.24, 2.45) is 0 Å². The molecule has 15 heavy (non-hydrogen) atoms. The molecule has 2 heteroatoms. The van der Waals surface area contributed by atoms with Crippen LogP contribution >= 0.6 is 0 Å². The number of benzene rings is 1. The second-order valence-corrected chi connectivity index (χ2v) is 4.76. The number of hydrogen-bond acceptors (Lipinski definition) is 1. The van der Waals surface area contributed by atoms with Crippen molar-refractivity contribution in [1.82, 2.24) is 0 Å². The number of ketones is 1. The molecule has 0 aliphatic heterocycles. The average Bonchev–Trinajstić information content (AvgIpc) is 2.81. The van der Waals surface area contributed by atoms with E-state index in [2.05, 4.69) is 4.94 Å². The first-order valence-electron chi connectivity index (χ1n) is 4.66. The summed E-state index contributed by atoms with van der Waals surface area (Å²) >= 11 is 0.381. The first-order chi connectivity index (χ1) is 7.36. The molecule has 0 aliphatic carbocycles. The van der Waals surface area contributed by atoms with E-state index in [4.69, 9.17) is 0 Å². The van der Waals surface area contributed by atoms with Crippen molar-refractivity contribution in [3.8, 4) is 0 Å². The van der Waals surface area contributed by atoms with Gasteiger partial charge in [0.2, 0.25) is 0 Å². The van der Waals surface area contributed by atoms with Crippen LogP contribution < -0.4 is 0 Å². The maximum atomic E-state index is 11.6. The minimum absolute atomic E-state index is 0.0921. The van der Waals surface area contributed by atoms with E-state index in [1.807, 2.05) is 47.4 Å². The molecule has 0 saturated heterocycles. The summed E-state index contributed by atoms with van der Waals surface area (Å²) in [7, 11) is 0. The zero-order valence-corrected chi connectivity index (χ0v) is 9.80. The number of allylic oxidation sites excluding steroid dienone is 1. The van der Waals surface area contributed by atoms with Crippen LogP contribution in [0.5, 0.6) is 0 Å². The van der Waals surface area contributed by atoms with E-state index < -0.39 is 0 Å². The van der Waals surface area contributed by atoms with E-state index in [0.29, 0.717) is 14.5 Å². The summed E-state index contributed by atoms with van der Waals surface area (Å²) < 4.78 is 0. The molecule has 74 valence electrons. The second-order valence-electron chi connectivity index (χ2n) is 3.12. The van der Waals surface area contributed by atoms with Crippen LogP contribution in [0.25, 0.3) is 6.08 Å². The zero-order chi connectivity index (χ0) is 10.5. The van der Waals surface area contributed by atoms with Crippen molar-refractivity contribution in [2.45, 2.75) is 0 Å². The Hall–Kier alpha value is -1.37. The average molecular weight is 261 g/mol. The van der Waals surface area contributed by atoms with E-state index in [1.165, 1.54) is 0 Å². The van der Waals surface area contributed by atoms with Gasteiger partial charge in [-0.3, -0.25) is 0 Å². The Kier molecular flexibility index (Phi) is 3.33. The molecule has 0 aliphatic rings. The van der Waals surface area contributed by atoms with Crippen LogP contribution in [0.15, 0.2) is 52.4 Å². The van der Waals surface area contributed by atoms with Gasteiger partial charge in [0.15, 0.2) is 0 Å². The molecule has 0 atom stereocenters. The molecule has 1 aromatic heterocycles. The molecule has 0 radical (unpaired) electrons. The molecule has 2 rings (SSSR count). The van der Waals surface area contributed by atoms with Crippen LogP contribution in [0.3, 0.4) is 0 Å².